The molecule has 0 saturated heterocycles. The van der Waals surface area contributed by atoms with E-state index >= 15 is 0 Å². The Morgan fingerprint density at radius 2 is 1.88 bits per heavy atom. The highest BCUT2D eigenvalue weighted by Gasteiger charge is 2.16. The van der Waals surface area contributed by atoms with Crippen LogP contribution in [0, 0.1) is 0 Å². The molecule has 0 saturated carbocycles. The predicted molar refractivity (Wildman–Crippen MR) is 88.3 cm³/mol. The second-order valence-corrected chi connectivity index (χ2v) is 5.44. The molecule has 1 N–H and O–H groups in total. The first-order valence-corrected chi connectivity index (χ1v) is 7.85. The van der Waals surface area contributed by atoms with Crippen LogP contribution in [0.4, 0.5) is 0 Å². The number of carbonyl (C=O) groups excluding carboxylic acids is 1. The first-order chi connectivity index (χ1) is 12.3. The molecule has 0 unspecified atom stereocenters. The third kappa shape index (κ3) is 3.30. The van der Waals surface area contributed by atoms with Crippen molar-refractivity contribution >= 4 is 5.91 Å². The number of amides is 1. The first-order valence-electron chi connectivity index (χ1n) is 7.85. The smallest absolute Gasteiger partial charge is 0.251 e. The summed E-state index contributed by atoms with van der Waals surface area (Å²) in [6, 6.07) is 14.6. The Labute approximate surface area is 143 Å². The zero-order valence-corrected chi connectivity index (χ0v) is 13.3. The van der Waals surface area contributed by atoms with Crippen molar-refractivity contribution in [2.24, 2.45) is 0 Å². The van der Waals surface area contributed by atoms with E-state index in [1.165, 1.54) is 0 Å². The van der Waals surface area contributed by atoms with E-state index in [1.807, 2.05) is 30.3 Å². The normalized spacial score (nSPS) is 12.2. The highest BCUT2D eigenvalue weighted by molar-refractivity contribution is 5.94. The molecule has 7 heteroatoms. The Morgan fingerprint density at radius 1 is 1.04 bits per heavy atom. The first kappa shape index (κ1) is 15.2. The SMILES string of the molecule is O=C(NCCc1nnc(-c2ccccc2)o1)c1ccc2c(c1)OCO2. The fourth-order valence-electron chi connectivity index (χ4n) is 2.47. The molecule has 4 rings (SSSR count). The fourth-order valence-corrected chi connectivity index (χ4v) is 2.47. The Hall–Kier alpha value is -3.35. The van der Waals surface area contributed by atoms with Gasteiger partial charge in [-0.3, -0.25) is 4.79 Å². The van der Waals surface area contributed by atoms with E-state index in [0.717, 1.165) is 5.56 Å². The van der Waals surface area contributed by atoms with E-state index in [1.54, 1.807) is 18.2 Å². The zero-order chi connectivity index (χ0) is 17.1. The standard InChI is InChI=1S/C18H15N3O4/c22-17(13-6-7-14-15(10-13)24-11-23-14)19-9-8-16-20-21-18(25-16)12-4-2-1-3-5-12/h1-7,10H,8-9,11H2,(H,19,22). The third-order valence-electron chi connectivity index (χ3n) is 3.75. The summed E-state index contributed by atoms with van der Waals surface area (Å²) in [6.07, 6.45) is 0.454. The van der Waals surface area contributed by atoms with Gasteiger partial charge in [0.05, 0.1) is 0 Å². The molecule has 25 heavy (non-hydrogen) atoms. The molecule has 1 amide bonds. The summed E-state index contributed by atoms with van der Waals surface area (Å²) in [6.45, 7) is 0.574. The number of ether oxygens (including phenoxy) is 2. The molecule has 0 spiro atoms. The van der Waals surface area contributed by atoms with Crippen LogP contribution in [0.2, 0.25) is 0 Å². The molecule has 126 valence electrons. The van der Waals surface area contributed by atoms with Gasteiger partial charge in [0, 0.05) is 24.1 Å². The summed E-state index contributed by atoms with van der Waals surface area (Å²) in [5, 5.41) is 10.9. The van der Waals surface area contributed by atoms with Crippen LogP contribution in [0.15, 0.2) is 52.9 Å². The Morgan fingerprint density at radius 3 is 2.76 bits per heavy atom. The number of carbonyl (C=O) groups is 1. The molecule has 1 aliphatic rings. The summed E-state index contributed by atoms with van der Waals surface area (Å²) in [5.74, 6) is 1.98. The minimum atomic E-state index is -0.193. The van der Waals surface area contributed by atoms with Gasteiger partial charge in [-0.25, -0.2) is 0 Å². The molecule has 0 aliphatic carbocycles. The van der Waals surface area contributed by atoms with E-state index in [9.17, 15) is 4.79 Å². The van der Waals surface area contributed by atoms with Gasteiger partial charge < -0.3 is 19.2 Å². The van der Waals surface area contributed by atoms with Gasteiger partial charge in [-0.1, -0.05) is 18.2 Å². The molecule has 0 bridgehead atoms. The molecule has 2 aromatic carbocycles. The van der Waals surface area contributed by atoms with Gasteiger partial charge >= 0.3 is 0 Å². The second-order valence-electron chi connectivity index (χ2n) is 5.44. The lowest BCUT2D eigenvalue weighted by atomic mass is 10.2. The summed E-state index contributed by atoms with van der Waals surface area (Å²) in [5.41, 5.74) is 1.38. The van der Waals surface area contributed by atoms with Gasteiger partial charge in [0.15, 0.2) is 11.5 Å². The lowest BCUT2D eigenvalue weighted by Gasteiger charge is -2.04. The quantitative estimate of drug-likeness (QED) is 0.769. The number of rotatable bonds is 5. The minimum Gasteiger partial charge on any atom is -0.454 e. The van der Waals surface area contributed by atoms with Crippen molar-refractivity contribution in [3.8, 4) is 23.0 Å². The van der Waals surface area contributed by atoms with Crippen molar-refractivity contribution in [3.05, 3.63) is 60.0 Å². The van der Waals surface area contributed by atoms with Gasteiger partial charge in [-0.15, -0.1) is 10.2 Å². The Balaban J connectivity index is 1.33. The molecular weight excluding hydrogens is 322 g/mol. The fraction of sp³-hybridized carbons (Fsp3) is 0.167. The molecule has 3 aromatic rings. The zero-order valence-electron chi connectivity index (χ0n) is 13.3. The number of nitrogens with zero attached hydrogens (tertiary/aromatic N) is 2. The summed E-state index contributed by atoms with van der Waals surface area (Å²) >= 11 is 0. The number of aromatic nitrogens is 2. The van der Waals surface area contributed by atoms with E-state index in [0.29, 0.717) is 41.8 Å². The van der Waals surface area contributed by atoms with Gasteiger partial charge in [0.1, 0.15) is 0 Å². The van der Waals surface area contributed by atoms with Crippen LogP contribution in [0.1, 0.15) is 16.2 Å². The van der Waals surface area contributed by atoms with Gasteiger partial charge in [0.25, 0.3) is 5.91 Å². The third-order valence-corrected chi connectivity index (χ3v) is 3.75. The summed E-state index contributed by atoms with van der Waals surface area (Å²) < 4.78 is 16.1. The molecule has 7 nitrogen and oxygen atoms in total. The molecule has 2 heterocycles. The predicted octanol–water partition coefficient (Wildman–Crippen LogP) is 2.44. The van der Waals surface area contributed by atoms with Crippen LogP contribution in [0.25, 0.3) is 11.5 Å². The molecular formula is C18H15N3O4. The minimum absolute atomic E-state index is 0.182. The topological polar surface area (TPSA) is 86.5 Å². The highest BCUT2D eigenvalue weighted by Crippen LogP contribution is 2.32. The number of hydrogen-bond donors (Lipinski definition) is 1. The van der Waals surface area contributed by atoms with Crippen molar-refractivity contribution in [1.82, 2.24) is 15.5 Å². The van der Waals surface area contributed by atoms with E-state index in [2.05, 4.69) is 15.5 Å². The monoisotopic (exact) mass is 337 g/mol. The van der Waals surface area contributed by atoms with Crippen molar-refractivity contribution in [2.45, 2.75) is 6.42 Å². The molecule has 0 fully saturated rings. The number of benzene rings is 2. The Kier molecular flexibility index (Phi) is 4.04. The average Bonchev–Trinajstić information content (AvgIpc) is 3.31. The second kappa shape index (κ2) is 6.64. The molecule has 1 aromatic heterocycles. The van der Waals surface area contributed by atoms with Crippen molar-refractivity contribution in [1.29, 1.82) is 0 Å². The lowest BCUT2D eigenvalue weighted by molar-refractivity contribution is 0.0953. The van der Waals surface area contributed by atoms with E-state index in [-0.39, 0.29) is 12.7 Å². The summed E-state index contributed by atoms with van der Waals surface area (Å²) in [7, 11) is 0. The number of fused-ring (bicyclic) bond motifs is 1. The van der Waals surface area contributed by atoms with Crippen LogP contribution in [0.3, 0.4) is 0 Å². The average molecular weight is 337 g/mol. The highest BCUT2D eigenvalue weighted by atomic mass is 16.7. The van der Waals surface area contributed by atoms with Crippen LogP contribution >= 0.6 is 0 Å². The van der Waals surface area contributed by atoms with Crippen molar-refractivity contribution < 1.29 is 18.7 Å². The molecule has 0 atom stereocenters. The van der Waals surface area contributed by atoms with Crippen LogP contribution < -0.4 is 14.8 Å². The number of nitrogens with one attached hydrogen (secondary N) is 1. The van der Waals surface area contributed by atoms with Gasteiger partial charge in [-0.2, -0.15) is 0 Å². The van der Waals surface area contributed by atoms with Crippen molar-refractivity contribution in [2.75, 3.05) is 13.3 Å². The molecule has 1 aliphatic heterocycles. The van der Waals surface area contributed by atoms with Gasteiger partial charge in [0.2, 0.25) is 18.6 Å². The summed E-state index contributed by atoms with van der Waals surface area (Å²) in [4.78, 5) is 12.2. The largest absolute Gasteiger partial charge is 0.454 e. The maximum absolute atomic E-state index is 12.2. The van der Waals surface area contributed by atoms with E-state index in [4.69, 9.17) is 13.9 Å². The Bertz CT molecular complexity index is 892. The maximum Gasteiger partial charge on any atom is 0.251 e. The van der Waals surface area contributed by atoms with Gasteiger partial charge in [-0.05, 0) is 30.3 Å². The lowest BCUT2D eigenvalue weighted by Crippen LogP contribution is -2.25. The maximum atomic E-state index is 12.2. The van der Waals surface area contributed by atoms with Crippen LogP contribution in [-0.2, 0) is 6.42 Å². The van der Waals surface area contributed by atoms with E-state index < -0.39 is 0 Å². The van der Waals surface area contributed by atoms with Crippen LogP contribution in [-0.4, -0.2) is 29.4 Å². The van der Waals surface area contributed by atoms with Crippen molar-refractivity contribution in [3.63, 3.8) is 0 Å². The van der Waals surface area contributed by atoms with Crippen LogP contribution in [0.5, 0.6) is 11.5 Å². The number of hydrogen-bond acceptors (Lipinski definition) is 6. The molecule has 0 radical (unpaired) electrons.